The average Bonchev–Trinajstić information content (AvgIpc) is 3.37. The third-order valence-corrected chi connectivity index (χ3v) is 11.8. The second-order valence-electron chi connectivity index (χ2n) is 16.4. The van der Waals surface area contributed by atoms with Crippen molar-refractivity contribution < 1.29 is 0 Å². The van der Waals surface area contributed by atoms with Gasteiger partial charge in [-0.2, -0.15) is 0 Å². The molecule has 0 aliphatic heterocycles. The molecule has 0 fully saturated rings. The van der Waals surface area contributed by atoms with E-state index in [1.807, 2.05) is 48.5 Å². The third-order valence-electron chi connectivity index (χ3n) is 11.8. The lowest BCUT2D eigenvalue weighted by Gasteiger charge is -2.26. The van der Waals surface area contributed by atoms with Crippen molar-refractivity contribution in [3.05, 3.63) is 258 Å². The van der Waals surface area contributed by atoms with Crippen molar-refractivity contribution in [1.29, 1.82) is 0 Å². The minimum absolute atomic E-state index is 0.285. The monoisotopic (exact) mass is 824 g/mol. The minimum Gasteiger partial charge on any atom is -0.280 e. The highest BCUT2D eigenvalue weighted by Gasteiger charge is 2.24. The number of aromatic nitrogens is 2. The topological polar surface area (TPSA) is 50.5 Å². The van der Waals surface area contributed by atoms with Crippen molar-refractivity contribution in [2.45, 2.75) is 25.8 Å². The number of hydrogen-bond donors (Lipinski definition) is 0. The summed E-state index contributed by atoms with van der Waals surface area (Å²) in [6, 6.07) is 78.1. The number of benzene rings is 8. The molecule has 1 aromatic heterocycles. The zero-order valence-electron chi connectivity index (χ0n) is 36.1. The van der Waals surface area contributed by atoms with Crippen LogP contribution in [0.1, 0.15) is 41.7 Å². The van der Waals surface area contributed by atoms with Gasteiger partial charge in [-0.1, -0.05) is 220 Å². The zero-order chi connectivity index (χ0) is 43.7. The second-order valence-corrected chi connectivity index (χ2v) is 16.4. The molecule has 0 saturated heterocycles. The van der Waals surface area contributed by atoms with Gasteiger partial charge in [0.15, 0.2) is 5.82 Å². The second kappa shape index (κ2) is 18.9. The van der Waals surface area contributed by atoms with E-state index >= 15 is 0 Å². The first kappa shape index (κ1) is 41.3. The van der Waals surface area contributed by atoms with E-state index in [0.717, 1.165) is 72.9 Å². The number of allylic oxidation sites excluding steroid dienone is 1. The number of aliphatic imine (C=N–C) groups is 2. The SMILES string of the molecule is C=N/C(=C\C(=NCc1ccccc1)c1cccc(-c2ccccc2)c1)c1ccc(C(C)(C)c2ccc(-c3cc(-c4cccc(-c5ccccc5)c4)nc(-c4ccccc4)n3)cc2)cc1. The van der Waals surface area contributed by atoms with Gasteiger partial charge in [0.2, 0.25) is 0 Å². The molecule has 8 aromatic carbocycles. The highest BCUT2D eigenvalue weighted by Crippen LogP contribution is 2.35. The first-order chi connectivity index (χ1) is 31.4. The van der Waals surface area contributed by atoms with Gasteiger partial charge >= 0.3 is 0 Å². The van der Waals surface area contributed by atoms with E-state index in [4.69, 9.17) is 15.0 Å². The van der Waals surface area contributed by atoms with Crippen LogP contribution in [0.2, 0.25) is 0 Å². The summed E-state index contributed by atoms with van der Waals surface area (Å²) in [6.45, 7) is 9.08. The molecule has 64 heavy (non-hydrogen) atoms. The molecule has 9 rings (SSSR count). The van der Waals surface area contributed by atoms with Crippen LogP contribution in [0.3, 0.4) is 0 Å². The first-order valence-corrected chi connectivity index (χ1v) is 21.7. The first-order valence-electron chi connectivity index (χ1n) is 21.7. The summed E-state index contributed by atoms with van der Waals surface area (Å²) in [5, 5.41) is 0. The van der Waals surface area contributed by atoms with Gasteiger partial charge in [-0.25, -0.2) is 9.97 Å². The van der Waals surface area contributed by atoms with Gasteiger partial charge in [0.1, 0.15) is 0 Å². The molecule has 0 atom stereocenters. The van der Waals surface area contributed by atoms with Crippen molar-refractivity contribution in [2.75, 3.05) is 0 Å². The lowest BCUT2D eigenvalue weighted by molar-refractivity contribution is 0.641. The maximum atomic E-state index is 5.14. The highest BCUT2D eigenvalue weighted by molar-refractivity contribution is 6.12. The molecular formula is C60H48N4. The Morgan fingerprint density at radius 2 is 0.938 bits per heavy atom. The van der Waals surface area contributed by atoms with Gasteiger partial charge in [-0.3, -0.25) is 9.98 Å². The predicted molar refractivity (Wildman–Crippen MR) is 268 cm³/mol. The third kappa shape index (κ3) is 9.37. The normalized spacial score (nSPS) is 11.9. The summed E-state index contributed by atoms with van der Waals surface area (Å²) in [5.41, 5.74) is 16.3. The standard InChI is InChI=1S/C60H48N4/c1-60(2,53-34-30-46(31-35-53)55(61-3)40-56(62-42-43-18-8-4-9-19-43)51-28-16-26-49(38-51)44-20-10-5-11-21-44)54-36-32-47(33-37-54)57-41-58(64-59(63-57)48-24-14-7-15-25-48)52-29-17-27-50(39-52)45-22-12-6-13-23-45/h4-41H,3,42H2,1-2H3/b55-40-,62-56?. The molecule has 0 aliphatic rings. The Balaban J connectivity index is 1.00. The van der Waals surface area contributed by atoms with Crippen molar-refractivity contribution in [1.82, 2.24) is 9.97 Å². The Morgan fingerprint density at radius 1 is 0.453 bits per heavy atom. The van der Waals surface area contributed by atoms with Crippen molar-refractivity contribution in [2.24, 2.45) is 9.98 Å². The fourth-order valence-corrected chi connectivity index (χ4v) is 8.05. The van der Waals surface area contributed by atoms with Crippen LogP contribution in [0.25, 0.3) is 61.9 Å². The Hall–Kier alpha value is -8.08. The fourth-order valence-electron chi connectivity index (χ4n) is 8.05. The smallest absolute Gasteiger partial charge is 0.160 e. The quantitative estimate of drug-likeness (QED) is 0.109. The van der Waals surface area contributed by atoms with E-state index in [1.165, 1.54) is 16.7 Å². The van der Waals surface area contributed by atoms with Crippen molar-refractivity contribution >= 4 is 18.1 Å². The molecule has 4 heteroatoms. The van der Waals surface area contributed by atoms with E-state index in [1.54, 1.807) is 0 Å². The lowest BCUT2D eigenvalue weighted by Crippen LogP contribution is -2.18. The molecule has 1 heterocycles. The maximum absolute atomic E-state index is 5.14. The molecular weight excluding hydrogens is 777 g/mol. The molecule has 0 radical (unpaired) electrons. The Kier molecular flexibility index (Phi) is 12.2. The van der Waals surface area contributed by atoms with Crippen LogP contribution in [0, 0.1) is 0 Å². The van der Waals surface area contributed by atoms with Crippen LogP contribution >= 0.6 is 0 Å². The number of rotatable bonds is 13. The molecule has 0 N–H and O–H groups in total. The van der Waals surface area contributed by atoms with Crippen LogP contribution < -0.4 is 0 Å². The van der Waals surface area contributed by atoms with Crippen LogP contribution in [0.15, 0.2) is 241 Å². The van der Waals surface area contributed by atoms with Crippen LogP contribution in [-0.2, 0) is 12.0 Å². The summed E-state index contributed by atoms with van der Waals surface area (Å²) >= 11 is 0. The molecule has 0 amide bonds. The van der Waals surface area contributed by atoms with Crippen LogP contribution in [-0.4, -0.2) is 22.4 Å². The summed E-state index contributed by atoms with van der Waals surface area (Å²) in [6.07, 6.45) is 2.06. The number of hydrogen-bond acceptors (Lipinski definition) is 4. The molecule has 0 aliphatic carbocycles. The number of nitrogens with zero attached hydrogens (tertiary/aromatic N) is 4. The van der Waals surface area contributed by atoms with E-state index in [-0.39, 0.29) is 5.41 Å². The van der Waals surface area contributed by atoms with Crippen LogP contribution in [0.4, 0.5) is 0 Å². The van der Waals surface area contributed by atoms with Gasteiger partial charge in [0, 0.05) is 33.2 Å². The van der Waals surface area contributed by atoms with E-state index in [0.29, 0.717) is 12.4 Å². The van der Waals surface area contributed by atoms with Gasteiger partial charge in [0.25, 0.3) is 0 Å². The van der Waals surface area contributed by atoms with Gasteiger partial charge in [-0.05, 0) is 69.9 Å². The lowest BCUT2D eigenvalue weighted by atomic mass is 9.77. The summed E-state index contributed by atoms with van der Waals surface area (Å²) in [7, 11) is 0. The fraction of sp³-hybridized carbons (Fsp3) is 0.0667. The summed E-state index contributed by atoms with van der Waals surface area (Å²) in [5.74, 6) is 0.695. The van der Waals surface area contributed by atoms with E-state index in [2.05, 4.69) is 208 Å². The molecule has 0 saturated carbocycles. The van der Waals surface area contributed by atoms with E-state index < -0.39 is 0 Å². The predicted octanol–water partition coefficient (Wildman–Crippen LogP) is 14.9. The molecule has 9 aromatic rings. The van der Waals surface area contributed by atoms with Gasteiger partial charge in [-0.15, -0.1) is 0 Å². The Labute approximate surface area is 376 Å². The van der Waals surface area contributed by atoms with Gasteiger partial charge < -0.3 is 0 Å². The molecule has 0 spiro atoms. The Bertz CT molecular complexity index is 3060. The van der Waals surface area contributed by atoms with Crippen molar-refractivity contribution in [3.63, 3.8) is 0 Å². The zero-order valence-corrected chi connectivity index (χ0v) is 36.1. The summed E-state index contributed by atoms with van der Waals surface area (Å²) < 4.78 is 0. The molecule has 0 bridgehead atoms. The maximum Gasteiger partial charge on any atom is 0.160 e. The van der Waals surface area contributed by atoms with E-state index in [9.17, 15) is 0 Å². The summed E-state index contributed by atoms with van der Waals surface area (Å²) in [4.78, 5) is 19.9. The molecule has 308 valence electrons. The largest absolute Gasteiger partial charge is 0.280 e. The van der Waals surface area contributed by atoms with Gasteiger partial charge in [0.05, 0.1) is 29.3 Å². The average molecular weight is 825 g/mol. The molecule has 4 nitrogen and oxygen atoms in total. The Morgan fingerprint density at radius 3 is 1.53 bits per heavy atom. The highest BCUT2D eigenvalue weighted by atomic mass is 14.9. The molecule has 0 unspecified atom stereocenters. The minimum atomic E-state index is -0.285. The van der Waals surface area contributed by atoms with Crippen molar-refractivity contribution in [3.8, 4) is 56.2 Å². The van der Waals surface area contributed by atoms with Crippen LogP contribution in [0.5, 0.6) is 0 Å².